The van der Waals surface area contributed by atoms with Crippen molar-refractivity contribution >= 4 is 75.6 Å². The Morgan fingerprint density at radius 1 is 0.673 bits per heavy atom. The molecule has 4 aromatic heterocycles. The van der Waals surface area contributed by atoms with Crippen LogP contribution in [0.25, 0.3) is 40.0 Å². The van der Waals surface area contributed by atoms with Crippen LogP contribution in [-0.4, -0.2) is 18.3 Å². The summed E-state index contributed by atoms with van der Waals surface area (Å²) in [5, 5.41) is 14.1. The van der Waals surface area contributed by atoms with Gasteiger partial charge in [0.05, 0.1) is 43.2 Å². The van der Waals surface area contributed by atoms with Crippen LogP contribution in [0.3, 0.4) is 0 Å². The molecule has 0 aliphatic heterocycles. The Morgan fingerprint density at radius 2 is 1.25 bits per heavy atom. The molecule has 0 saturated heterocycles. The van der Waals surface area contributed by atoms with Crippen molar-refractivity contribution < 1.29 is 19.0 Å². The van der Waals surface area contributed by atoms with Gasteiger partial charge in [-0.05, 0) is 56.1 Å². The van der Waals surface area contributed by atoms with E-state index in [2.05, 4.69) is 67.5 Å². The Morgan fingerprint density at radius 3 is 1.83 bits per heavy atom. The molecule has 288 valence electrons. The molecule has 0 aliphatic rings. The number of benzene rings is 1. The van der Waals surface area contributed by atoms with Crippen LogP contribution in [0.15, 0.2) is 12.1 Å². The first kappa shape index (κ1) is 41.5. The summed E-state index contributed by atoms with van der Waals surface area (Å²) in [6.07, 6.45) is 14.7. The first-order valence-electron chi connectivity index (χ1n) is 20.3. The summed E-state index contributed by atoms with van der Waals surface area (Å²) in [4.78, 5) is 4.93. The van der Waals surface area contributed by atoms with E-state index in [0.717, 1.165) is 72.0 Å². The molecule has 0 fully saturated rings. The van der Waals surface area contributed by atoms with Crippen LogP contribution in [-0.2, 0) is 0 Å². The van der Waals surface area contributed by atoms with E-state index in [9.17, 15) is 5.11 Å². The topological polar surface area (TPSA) is 38.7 Å². The largest absolute Gasteiger partial charge is 0.491 e. The molecule has 0 radical (unpaired) electrons. The van der Waals surface area contributed by atoms with Gasteiger partial charge in [0.1, 0.15) is 17.3 Å². The standard InChI is InChI=1S/C44H63FO3S4/c1-9-14-17-18-19-22-33(46)43-37(45)36-40(52-43)28(8)49-44(36)35-24-32-39(48-26-30(13-5)21-16-11-3)41-31(23-34(50-41)27(6)7)38(42(32)51-35)47-25-29(12-4)20-15-10-2/h23-24,27,29-30,33,46H,9-22,25-26H2,1-8H3. The lowest BCUT2D eigenvalue weighted by Gasteiger charge is -2.19. The number of ether oxygens (including phenoxy) is 2. The van der Waals surface area contributed by atoms with Crippen molar-refractivity contribution in [2.75, 3.05) is 13.2 Å². The fourth-order valence-corrected chi connectivity index (χ4v) is 12.1. The molecule has 3 unspecified atom stereocenters. The molecule has 3 nitrogen and oxygen atoms in total. The van der Waals surface area contributed by atoms with Gasteiger partial charge in [0.25, 0.3) is 0 Å². The second kappa shape index (κ2) is 19.7. The van der Waals surface area contributed by atoms with Gasteiger partial charge in [-0.3, -0.25) is 0 Å². The maximum Gasteiger partial charge on any atom is 0.149 e. The van der Waals surface area contributed by atoms with Gasteiger partial charge in [0, 0.05) is 30.8 Å². The molecule has 0 bridgehead atoms. The normalized spacial score (nSPS) is 14.0. The summed E-state index contributed by atoms with van der Waals surface area (Å²) >= 11 is 6.67. The zero-order valence-electron chi connectivity index (χ0n) is 33.1. The highest BCUT2D eigenvalue weighted by atomic mass is 32.1. The van der Waals surface area contributed by atoms with Gasteiger partial charge >= 0.3 is 0 Å². The minimum absolute atomic E-state index is 0.239. The van der Waals surface area contributed by atoms with E-state index < -0.39 is 6.10 Å². The van der Waals surface area contributed by atoms with E-state index in [-0.39, 0.29) is 5.82 Å². The van der Waals surface area contributed by atoms with E-state index in [1.807, 2.05) is 11.3 Å². The van der Waals surface area contributed by atoms with Crippen molar-refractivity contribution in [3.63, 3.8) is 0 Å². The van der Waals surface area contributed by atoms with Crippen LogP contribution in [0, 0.1) is 24.6 Å². The Hall–Kier alpha value is -1.71. The van der Waals surface area contributed by atoms with E-state index >= 15 is 4.39 Å². The summed E-state index contributed by atoms with van der Waals surface area (Å²) in [6, 6.07) is 4.60. The highest BCUT2D eigenvalue weighted by molar-refractivity contribution is 7.30. The summed E-state index contributed by atoms with van der Waals surface area (Å²) in [5.41, 5.74) is 0. The molecule has 5 aromatic rings. The molecule has 0 amide bonds. The van der Waals surface area contributed by atoms with Gasteiger partial charge in [-0.25, -0.2) is 4.39 Å². The average Bonchev–Trinajstić information content (AvgIpc) is 3.92. The van der Waals surface area contributed by atoms with Gasteiger partial charge in [0.15, 0.2) is 0 Å². The molecule has 1 N–H and O–H groups in total. The summed E-state index contributed by atoms with van der Waals surface area (Å²) in [5.74, 6) is 3.08. The summed E-state index contributed by atoms with van der Waals surface area (Å²) in [6.45, 7) is 19.3. The predicted octanol–water partition coefficient (Wildman–Crippen LogP) is 16.2. The van der Waals surface area contributed by atoms with Crippen LogP contribution in [0.4, 0.5) is 4.39 Å². The number of halogens is 1. The second-order valence-electron chi connectivity index (χ2n) is 15.2. The molecule has 4 heterocycles. The van der Waals surface area contributed by atoms with Crippen LogP contribution in [0.2, 0.25) is 0 Å². The van der Waals surface area contributed by atoms with Gasteiger partial charge < -0.3 is 14.6 Å². The number of hydrogen-bond acceptors (Lipinski definition) is 7. The lowest BCUT2D eigenvalue weighted by molar-refractivity contribution is 0.163. The van der Waals surface area contributed by atoms with Crippen molar-refractivity contribution in [1.82, 2.24) is 0 Å². The minimum Gasteiger partial charge on any atom is -0.491 e. The van der Waals surface area contributed by atoms with E-state index in [4.69, 9.17) is 9.47 Å². The fourth-order valence-electron chi connectivity index (χ4n) is 7.19. The average molecular weight is 787 g/mol. The lowest BCUT2D eigenvalue weighted by Crippen LogP contribution is -2.12. The Balaban J connectivity index is 1.63. The monoisotopic (exact) mass is 786 g/mol. The minimum atomic E-state index is -0.765. The molecule has 8 heteroatoms. The Labute approximate surface area is 329 Å². The summed E-state index contributed by atoms with van der Waals surface area (Å²) in [7, 11) is 0. The van der Waals surface area contributed by atoms with Crippen LogP contribution in [0.5, 0.6) is 11.5 Å². The first-order valence-corrected chi connectivity index (χ1v) is 23.6. The number of unbranched alkanes of at least 4 members (excludes halogenated alkanes) is 6. The molecule has 0 spiro atoms. The predicted molar refractivity (Wildman–Crippen MR) is 231 cm³/mol. The maximum absolute atomic E-state index is 16.5. The number of aliphatic hydroxyl groups is 1. The molecule has 3 atom stereocenters. The van der Waals surface area contributed by atoms with Gasteiger partial charge in [-0.2, -0.15) is 0 Å². The number of aryl methyl sites for hydroxylation is 1. The molecular weight excluding hydrogens is 724 g/mol. The number of hydrogen-bond donors (Lipinski definition) is 1. The Bertz CT molecular complexity index is 1780. The van der Waals surface area contributed by atoms with E-state index in [1.54, 1.807) is 22.7 Å². The number of thiophene rings is 4. The molecule has 5 rings (SSSR count). The molecule has 1 aromatic carbocycles. The second-order valence-corrected chi connectivity index (χ2v) is 19.6. The van der Waals surface area contributed by atoms with Gasteiger partial charge in [-0.15, -0.1) is 45.3 Å². The van der Waals surface area contributed by atoms with Crippen molar-refractivity contribution in [1.29, 1.82) is 0 Å². The number of fused-ring (bicyclic) bond motifs is 3. The third-order valence-corrected chi connectivity index (χ3v) is 16.1. The Kier molecular flexibility index (Phi) is 15.7. The van der Waals surface area contributed by atoms with Crippen LogP contribution in [0.1, 0.15) is 165 Å². The first-order chi connectivity index (χ1) is 25.2. The fraction of sp³-hybridized carbons (Fsp3) is 0.636. The molecule has 0 saturated carbocycles. The van der Waals surface area contributed by atoms with Crippen molar-refractivity contribution in [3.8, 4) is 21.3 Å². The highest BCUT2D eigenvalue weighted by Gasteiger charge is 2.28. The molecule has 0 aliphatic carbocycles. The highest BCUT2D eigenvalue weighted by Crippen LogP contribution is 2.55. The summed E-state index contributed by atoms with van der Waals surface area (Å²) < 4.78 is 33.6. The number of rotatable bonds is 23. The number of aliphatic hydroxyl groups excluding tert-OH is 1. The zero-order chi connectivity index (χ0) is 37.4. The van der Waals surface area contributed by atoms with E-state index in [1.165, 1.54) is 78.7 Å². The third-order valence-electron chi connectivity index (χ3n) is 10.8. The molecular formula is C44H63FO3S4. The van der Waals surface area contributed by atoms with E-state index in [0.29, 0.717) is 47.7 Å². The molecule has 52 heavy (non-hydrogen) atoms. The van der Waals surface area contributed by atoms with Crippen molar-refractivity contribution in [3.05, 3.63) is 32.6 Å². The maximum atomic E-state index is 16.5. The quantitative estimate of drug-likeness (QED) is 0.0670. The smallest absolute Gasteiger partial charge is 0.149 e. The van der Waals surface area contributed by atoms with Crippen LogP contribution >= 0.6 is 45.3 Å². The lowest BCUT2D eigenvalue weighted by atomic mass is 10.0. The van der Waals surface area contributed by atoms with Crippen molar-refractivity contribution in [2.24, 2.45) is 11.8 Å². The zero-order valence-corrected chi connectivity index (χ0v) is 36.3. The van der Waals surface area contributed by atoms with Gasteiger partial charge in [0.2, 0.25) is 0 Å². The van der Waals surface area contributed by atoms with Crippen molar-refractivity contribution in [2.45, 2.75) is 157 Å². The van der Waals surface area contributed by atoms with Crippen LogP contribution < -0.4 is 9.47 Å². The third kappa shape index (κ3) is 9.38. The van der Waals surface area contributed by atoms with Gasteiger partial charge in [-0.1, -0.05) is 119 Å². The SMILES string of the molecule is CCCCCCCC(O)c1sc2c(C)sc(-c3cc4c(OCC(CC)CCCC)c5sc(C(C)C)cc5c(OCC(CC)CCCC)c4s3)c2c1F.